The molecule has 0 aromatic carbocycles. The van der Waals surface area contributed by atoms with Crippen molar-refractivity contribution in [2.75, 3.05) is 19.7 Å². The third kappa shape index (κ3) is 5.89. The molecule has 0 unspecified atom stereocenters. The first-order chi connectivity index (χ1) is 17.7. The number of hydrogen-bond acceptors (Lipinski definition) is 5. The number of aromatic nitrogens is 2. The molecule has 37 heavy (non-hydrogen) atoms. The Morgan fingerprint density at radius 1 is 1.19 bits per heavy atom. The Morgan fingerprint density at radius 3 is 2.51 bits per heavy atom. The molecule has 204 valence electrons. The molecule has 1 saturated heterocycles. The number of nitrogens with one attached hydrogen (secondary N) is 3. The molecular formula is C29H45N5O3. The number of hydrogen-bond donors (Lipinski definition) is 3. The third-order valence-electron chi connectivity index (χ3n) is 8.96. The molecule has 8 heteroatoms. The van der Waals surface area contributed by atoms with E-state index in [1.54, 1.807) is 17.1 Å². The van der Waals surface area contributed by atoms with Crippen molar-refractivity contribution in [1.29, 1.82) is 0 Å². The number of carbonyl (C=O) groups excluding carboxylic acids is 2. The Hall–Kier alpha value is -2.35. The Morgan fingerprint density at radius 2 is 1.89 bits per heavy atom. The van der Waals surface area contributed by atoms with Gasteiger partial charge in [-0.1, -0.05) is 19.9 Å². The normalized spacial score (nSPS) is 30.8. The van der Waals surface area contributed by atoms with Crippen LogP contribution < -0.4 is 20.7 Å². The lowest BCUT2D eigenvalue weighted by Crippen LogP contribution is -2.55. The summed E-state index contributed by atoms with van der Waals surface area (Å²) >= 11 is 0. The summed E-state index contributed by atoms with van der Waals surface area (Å²) in [6.07, 6.45) is 13.8. The van der Waals surface area contributed by atoms with Crippen molar-refractivity contribution in [2.45, 2.75) is 84.7 Å². The molecule has 4 saturated carbocycles. The van der Waals surface area contributed by atoms with Crippen LogP contribution in [0.2, 0.25) is 0 Å². The average molecular weight is 512 g/mol. The van der Waals surface area contributed by atoms with Crippen LogP contribution >= 0.6 is 0 Å². The zero-order valence-electron chi connectivity index (χ0n) is 23.0. The molecule has 1 atom stereocenters. The fourth-order valence-electron chi connectivity index (χ4n) is 7.10. The maximum atomic E-state index is 13.5. The third-order valence-corrected chi connectivity index (χ3v) is 8.96. The van der Waals surface area contributed by atoms with Crippen molar-refractivity contribution in [2.24, 2.45) is 35.0 Å². The average Bonchev–Trinajstić information content (AvgIpc) is 3.51. The van der Waals surface area contributed by atoms with Crippen LogP contribution in [0.1, 0.15) is 83.0 Å². The summed E-state index contributed by atoms with van der Waals surface area (Å²) in [4.78, 5) is 26.4. The maximum absolute atomic E-state index is 13.5. The largest absolute Gasteiger partial charge is 0.477 e. The van der Waals surface area contributed by atoms with Gasteiger partial charge in [-0.15, -0.1) is 0 Å². The van der Waals surface area contributed by atoms with Gasteiger partial charge in [-0.25, -0.2) is 4.68 Å². The number of ether oxygens (including phenoxy) is 1. The predicted molar refractivity (Wildman–Crippen MR) is 144 cm³/mol. The van der Waals surface area contributed by atoms with E-state index in [1.807, 2.05) is 19.9 Å². The van der Waals surface area contributed by atoms with Crippen LogP contribution in [0.5, 0.6) is 5.88 Å². The van der Waals surface area contributed by atoms with Gasteiger partial charge in [0, 0.05) is 24.8 Å². The van der Waals surface area contributed by atoms with Crippen molar-refractivity contribution in [3.05, 3.63) is 17.8 Å². The van der Waals surface area contributed by atoms with E-state index in [9.17, 15) is 9.59 Å². The number of amides is 2. The SMILES string of the molecule is CC(C)COc1c(C(=O)NC2C3CC4CC(C3)CC2C4)cnn1/C=C/C(C)(C)C(=O)NC[C@H]1CCCN1. The van der Waals surface area contributed by atoms with Gasteiger partial charge in [0.15, 0.2) is 0 Å². The van der Waals surface area contributed by atoms with E-state index < -0.39 is 5.41 Å². The van der Waals surface area contributed by atoms with Crippen molar-refractivity contribution >= 4 is 18.0 Å². The summed E-state index contributed by atoms with van der Waals surface area (Å²) in [5, 5.41) is 14.3. The van der Waals surface area contributed by atoms with Crippen LogP contribution in [0.4, 0.5) is 0 Å². The number of nitrogens with zero attached hydrogens (tertiary/aromatic N) is 2. The highest BCUT2D eigenvalue weighted by Gasteiger charge is 2.48. The van der Waals surface area contributed by atoms with E-state index in [-0.39, 0.29) is 17.9 Å². The standard InChI is InChI=1S/C29H45N5O3/c1-18(2)17-37-27-24(26(35)33-25-21-11-19-10-20(13-21)14-22(25)12-19)16-32-34(27)9-7-29(3,4)28(36)31-15-23-6-5-8-30-23/h7,9,16,18-23,25,30H,5-6,8,10-15,17H2,1-4H3,(H,31,36)(H,33,35)/b9-7+/t19?,20?,21?,22?,23-,25?/m1/s1. The molecule has 1 aliphatic heterocycles. The minimum Gasteiger partial charge on any atom is -0.477 e. The molecule has 8 nitrogen and oxygen atoms in total. The highest BCUT2D eigenvalue weighted by molar-refractivity contribution is 5.96. The summed E-state index contributed by atoms with van der Waals surface area (Å²) in [7, 11) is 0. The monoisotopic (exact) mass is 511 g/mol. The van der Waals surface area contributed by atoms with E-state index in [2.05, 4.69) is 34.9 Å². The van der Waals surface area contributed by atoms with Crippen LogP contribution in [-0.4, -0.2) is 53.4 Å². The molecule has 4 aliphatic carbocycles. The van der Waals surface area contributed by atoms with Crippen LogP contribution in [0.25, 0.3) is 6.20 Å². The fourth-order valence-corrected chi connectivity index (χ4v) is 7.10. The molecule has 5 fully saturated rings. The minimum absolute atomic E-state index is 0.0332. The van der Waals surface area contributed by atoms with Gasteiger partial charge in [-0.3, -0.25) is 9.59 Å². The molecule has 1 aromatic rings. The second-order valence-corrected chi connectivity index (χ2v) is 13.0. The topological polar surface area (TPSA) is 97.3 Å². The van der Waals surface area contributed by atoms with Crippen molar-refractivity contribution in [1.82, 2.24) is 25.7 Å². The summed E-state index contributed by atoms with van der Waals surface area (Å²) in [5.41, 5.74) is -0.267. The molecule has 2 amide bonds. The van der Waals surface area contributed by atoms with Gasteiger partial charge in [0.1, 0.15) is 5.56 Å². The van der Waals surface area contributed by atoms with Crippen LogP contribution in [0.3, 0.4) is 0 Å². The maximum Gasteiger partial charge on any atom is 0.258 e. The molecule has 0 radical (unpaired) electrons. The van der Waals surface area contributed by atoms with E-state index in [0.717, 1.165) is 31.2 Å². The lowest BCUT2D eigenvalue weighted by Gasteiger charge is -2.54. The lowest BCUT2D eigenvalue weighted by molar-refractivity contribution is -0.127. The Kier molecular flexibility index (Phi) is 7.66. The Balaban J connectivity index is 1.28. The minimum atomic E-state index is -0.733. The molecule has 4 bridgehead atoms. The zero-order chi connectivity index (χ0) is 26.2. The van der Waals surface area contributed by atoms with Crippen molar-refractivity contribution in [3.8, 4) is 5.88 Å². The molecular weight excluding hydrogens is 466 g/mol. The summed E-state index contributed by atoms with van der Waals surface area (Å²) in [6, 6.07) is 0.607. The first-order valence-electron chi connectivity index (χ1n) is 14.4. The quantitative estimate of drug-likeness (QED) is 0.444. The Bertz CT molecular complexity index is 979. The molecule has 2 heterocycles. The second kappa shape index (κ2) is 10.8. The Labute approximate surface area is 221 Å². The number of carbonyl (C=O) groups is 2. The van der Waals surface area contributed by atoms with Crippen LogP contribution in [0, 0.1) is 35.0 Å². The van der Waals surface area contributed by atoms with E-state index in [0.29, 0.717) is 48.4 Å². The van der Waals surface area contributed by atoms with Gasteiger partial charge in [-0.2, -0.15) is 5.10 Å². The van der Waals surface area contributed by atoms with Crippen LogP contribution in [-0.2, 0) is 4.79 Å². The van der Waals surface area contributed by atoms with Gasteiger partial charge in [0.2, 0.25) is 11.8 Å². The van der Waals surface area contributed by atoms with Gasteiger partial charge < -0.3 is 20.7 Å². The molecule has 6 rings (SSSR count). The van der Waals surface area contributed by atoms with Gasteiger partial charge in [-0.05, 0) is 94.9 Å². The first kappa shape index (κ1) is 26.3. The van der Waals surface area contributed by atoms with Gasteiger partial charge in [0.05, 0.1) is 18.2 Å². The molecule has 0 spiro atoms. The second-order valence-electron chi connectivity index (χ2n) is 13.0. The van der Waals surface area contributed by atoms with Gasteiger partial charge in [0.25, 0.3) is 5.91 Å². The highest BCUT2D eigenvalue weighted by atomic mass is 16.5. The van der Waals surface area contributed by atoms with E-state index in [1.165, 1.54) is 32.1 Å². The van der Waals surface area contributed by atoms with Gasteiger partial charge >= 0.3 is 0 Å². The lowest BCUT2D eigenvalue weighted by atomic mass is 9.54. The van der Waals surface area contributed by atoms with Crippen molar-refractivity contribution in [3.63, 3.8) is 0 Å². The zero-order valence-corrected chi connectivity index (χ0v) is 23.0. The van der Waals surface area contributed by atoms with E-state index in [4.69, 9.17) is 4.74 Å². The summed E-state index contributed by atoms with van der Waals surface area (Å²) < 4.78 is 7.72. The predicted octanol–water partition coefficient (Wildman–Crippen LogP) is 3.84. The summed E-state index contributed by atoms with van der Waals surface area (Å²) in [6.45, 7) is 10.1. The molecule has 1 aromatic heterocycles. The van der Waals surface area contributed by atoms with E-state index >= 15 is 0 Å². The molecule has 5 aliphatic rings. The van der Waals surface area contributed by atoms with Crippen molar-refractivity contribution < 1.29 is 14.3 Å². The smallest absolute Gasteiger partial charge is 0.258 e. The summed E-state index contributed by atoms with van der Waals surface area (Å²) in [5.74, 6) is 3.55. The number of rotatable bonds is 10. The highest BCUT2D eigenvalue weighted by Crippen LogP contribution is 2.53. The first-order valence-corrected chi connectivity index (χ1v) is 14.4. The van der Waals surface area contributed by atoms with Crippen LogP contribution in [0.15, 0.2) is 12.3 Å². The molecule has 3 N–H and O–H groups in total. The fraction of sp³-hybridized carbons (Fsp3) is 0.759.